The van der Waals surface area contributed by atoms with Crippen molar-refractivity contribution in [2.45, 2.75) is 39.3 Å². The van der Waals surface area contributed by atoms with Crippen LogP contribution in [-0.4, -0.2) is 46.8 Å². The van der Waals surface area contributed by atoms with E-state index in [-0.39, 0.29) is 12.1 Å². The van der Waals surface area contributed by atoms with Gasteiger partial charge in [-0.3, -0.25) is 4.90 Å². The smallest absolute Gasteiger partial charge is 0.339 e. The van der Waals surface area contributed by atoms with E-state index in [9.17, 15) is 9.90 Å². The molecule has 0 aliphatic carbocycles. The van der Waals surface area contributed by atoms with Crippen molar-refractivity contribution in [3.05, 3.63) is 23.0 Å². The van der Waals surface area contributed by atoms with E-state index in [2.05, 4.69) is 9.47 Å². The van der Waals surface area contributed by atoms with Crippen LogP contribution in [0.3, 0.4) is 0 Å². The summed E-state index contributed by atoms with van der Waals surface area (Å²) in [6.07, 6.45) is 1.95. The summed E-state index contributed by atoms with van der Waals surface area (Å²) in [5, 5.41) is 9.78. The van der Waals surface area contributed by atoms with Crippen molar-refractivity contribution in [2.75, 3.05) is 20.2 Å². The monoisotopic (exact) mass is 294 g/mol. The van der Waals surface area contributed by atoms with Crippen LogP contribution in [0.25, 0.3) is 0 Å². The molecule has 2 atom stereocenters. The maximum Gasteiger partial charge on any atom is 0.339 e. The first-order valence-corrected chi connectivity index (χ1v) is 7.58. The number of likely N-dealkylation sites (tertiary alicyclic amines) is 1. The number of carbonyl (C=O) groups is 1. The van der Waals surface area contributed by atoms with E-state index in [1.54, 1.807) is 0 Å². The van der Waals surface area contributed by atoms with Crippen LogP contribution in [-0.2, 0) is 18.3 Å². The fraction of sp³-hybridized carbons (Fsp3) is 0.688. The average Bonchev–Trinajstić information content (AvgIpc) is 2.75. The number of carbonyl (C=O) groups excluding carboxylic acids is 1. The molecule has 1 N–H and O–H groups in total. The van der Waals surface area contributed by atoms with Gasteiger partial charge in [-0.05, 0) is 45.2 Å². The Labute approximate surface area is 126 Å². The number of piperidine rings is 1. The van der Waals surface area contributed by atoms with E-state index in [1.807, 2.05) is 27.0 Å². The van der Waals surface area contributed by atoms with Crippen molar-refractivity contribution in [1.29, 1.82) is 0 Å². The van der Waals surface area contributed by atoms with Gasteiger partial charge in [0, 0.05) is 31.5 Å². The van der Waals surface area contributed by atoms with Crippen LogP contribution in [0.1, 0.15) is 41.5 Å². The van der Waals surface area contributed by atoms with Gasteiger partial charge in [0.15, 0.2) is 0 Å². The zero-order valence-electron chi connectivity index (χ0n) is 13.4. The van der Waals surface area contributed by atoms with Gasteiger partial charge < -0.3 is 14.4 Å². The first kappa shape index (κ1) is 16.0. The van der Waals surface area contributed by atoms with Gasteiger partial charge in [0.2, 0.25) is 0 Å². The molecule has 1 aromatic rings. The molecule has 5 nitrogen and oxygen atoms in total. The Hall–Kier alpha value is -1.33. The van der Waals surface area contributed by atoms with Gasteiger partial charge in [0.25, 0.3) is 0 Å². The number of methoxy groups -OCH3 is 1. The Bertz CT molecular complexity index is 508. The third-order valence-corrected chi connectivity index (χ3v) is 4.65. The number of aliphatic hydroxyl groups is 1. The maximum atomic E-state index is 11.8. The molecule has 1 aliphatic heterocycles. The highest BCUT2D eigenvalue weighted by molar-refractivity contribution is 5.91. The quantitative estimate of drug-likeness (QED) is 0.859. The molecule has 0 aromatic carbocycles. The Kier molecular flexibility index (Phi) is 5.06. The summed E-state index contributed by atoms with van der Waals surface area (Å²) in [6, 6.07) is 1.92. The molecule has 21 heavy (non-hydrogen) atoms. The van der Waals surface area contributed by atoms with Gasteiger partial charge in [0.05, 0.1) is 18.8 Å². The molecule has 0 radical (unpaired) electrons. The van der Waals surface area contributed by atoms with E-state index in [0.29, 0.717) is 11.5 Å². The van der Waals surface area contributed by atoms with Gasteiger partial charge in [-0.2, -0.15) is 0 Å². The molecule has 0 bridgehead atoms. The molecule has 1 aliphatic rings. The standard InChI is InChI=1S/C16H26N2O3/c1-11-15(16(20)21-4)8-14(17(11)3)10-18-7-5-6-13(9-18)12(2)19/h8,12-13,19H,5-7,9-10H2,1-4H3/t12-,13+/m1/s1. The van der Waals surface area contributed by atoms with E-state index < -0.39 is 0 Å². The van der Waals surface area contributed by atoms with Crippen molar-refractivity contribution in [1.82, 2.24) is 9.47 Å². The predicted molar refractivity (Wildman–Crippen MR) is 81.2 cm³/mol. The molecular weight excluding hydrogens is 268 g/mol. The summed E-state index contributed by atoms with van der Waals surface area (Å²) >= 11 is 0. The lowest BCUT2D eigenvalue weighted by atomic mass is 9.93. The number of rotatable bonds is 4. The highest BCUT2D eigenvalue weighted by atomic mass is 16.5. The van der Waals surface area contributed by atoms with E-state index in [0.717, 1.165) is 43.9 Å². The molecule has 1 saturated heterocycles. The molecule has 1 fully saturated rings. The Morgan fingerprint density at radius 2 is 2.29 bits per heavy atom. The van der Waals surface area contributed by atoms with Gasteiger partial charge in [-0.1, -0.05) is 0 Å². The predicted octanol–water partition coefficient (Wildman–Crippen LogP) is 1.71. The van der Waals surface area contributed by atoms with Gasteiger partial charge >= 0.3 is 5.97 Å². The Balaban J connectivity index is 2.11. The van der Waals surface area contributed by atoms with Gasteiger partial charge in [-0.25, -0.2) is 4.79 Å². The van der Waals surface area contributed by atoms with Crippen molar-refractivity contribution in [3.63, 3.8) is 0 Å². The minimum Gasteiger partial charge on any atom is -0.465 e. The highest BCUT2D eigenvalue weighted by Gasteiger charge is 2.25. The van der Waals surface area contributed by atoms with E-state index >= 15 is 0 Å². The molecule has 2 heterocycles. The molecule has 0 saturated carbocycles. The lowest BCUT2D eigenvalue weighted by molar-refractivity contribution is 0.0591. The Morgan fingerprint density at radius 1 is 1.57 bits per heavy atom. The topological polar surface area (TPSA) is 54.7 Å². The number of aliphatic hydroxyl groups excluding tert-OH is 1. The van der Waals surface area contributed by atoms with Gasteiger partial charge in [0.1, 0.15) is 0 Å². The summed E-state index contributed by atoms with van der Waals surface area (Å²) in [4.78, 5) is 14.1. The van der Waals surface area contributed by atoms with E-state index in [1.165, 1.54) is 7.11 Å². The molecule has 2 rings (SSSR count). The minimum absolute atomic E-state index is 0.256. The third-order valence-electron chi connectivity index (χ3n) is 4.65. The maximum absolute atomic E-state index is 11.8. The van der Waals surface area contributed by atoms with Crippen LogP contribution in [0, 0.1) is 12.8 Å². The summed E-state index contributed by atoms with van der Waals surface area (Å²) in [5.74, 6) is 0.0649. The van der Waals surface area contributed by atoms with Crippen LogP contribution >= 0.6 is 0 Å². The lowest BCUT2D eigenvalue weighted by Crippen LogP contribution is -2.39. The molecule has 5 heteroatoms. The van der Waals surface area contributed by atoms with Crippen LogP contribution in [0.4, 0.5) is 0 Å². The number of hydrogen-bond acceptors (Lipinski definition) is 4. The van der Waals surface area contributed by atoms with Gasteiger partial charge in [-0.15, -0.1) is 0 Å². The number of aromatic nitrogens is 1. The van der Waals surface area contributed by atoms with Crippen LogP contribution in [0.5, 0.6) is 0 Å². The summed E-state index contributed by atoms with van der Waals surface area (Å²) in [7, 11) is 3.39. The second-order valence-corrected chi connectivity index (χ2v) is 6.06. The fourth-order valence-electron chi connectivity index (χ4n) is 3.09. The lowest BCUT2D eigenvalue weighted by Gasteiger charge is -2.34. The molecule has 0 unspecified atom stereocenters. The van der Waals surface area contributed by atoms with Crippen molar-refractivity contribution in [2.24, 2.45) is 13.0 Å². The number of esters is 1. The number of hydrogen-bond donors (Lipinski definition) is 1. The molecule has 1 aromatic heterocycles. The molecule has 0 spiro atoms. The van der Waals surface area contributed by atoms with Crippen molar-refractivity contribution in [3.8, 4) is 0 Å². The normalized spacial score (nSPS) is 21.3. The summed E-state index contributed by atoms with van der Waals surface area (Å²) < 4.78 is 6.88. The Morgan fingerprint density at radius 3 is 2.90 bits per heavy atom. The summed E-state index contributed by atoms with van der Waals surface area (Å²) in [5.41, 5.74) is 2.68. The summed E-state index contributed by atoms with van der Waals surface area (Å²) in [6.45, 7) is 6.56. The third kappa shape index (κ3) is 3.47. The van der Waals surface area contributed by atoms with Crippen molar-refractivity contribution < 1.29 is 14.6 Å². The second kappa shape index (κ2) is 6.62. The first-order chi connectivity index (χ1) is 9.93. The number of nitrogens with zero attached hydrogens (tertiary/aromatic N) is 2. The van der Waals surface area contributed by atoms with Crippen LogP contribution in [0.2, 0.25) is 0 Å². The molecular formula is C16H26N2O3. The molecule has 0 amide bonds. The second-order valence-electron chi connectivity index (χ2n) is 6.06. The van der Waals surface area contributed by atoms with Crippen molar-refractivity contribution >= 4 is 5.97 Å². The zero-order valence-corrected chi connectivity index (χ0v) is 13.4. The average molecular weight is 294 g/mol. The minimum atomic E-state index is -0.283. The van der Waals surface area contributed by atoms with E-state index in [4.69, 9.17) is 4.74 Å². The largest absolute Gasteiger partial charge is 0.465 e. The fourth-order valence-corrected chi connectivity index (χ4v) is 3.09. The zero-order chi connectivity index (χ0) is 15.6. The first-order valence-electron chi connectivity index (χ1n) is 7.58. The van der Waals surface area contributed by atoms with Crippen LogP contribution < -0.4 is 0 Å². The molecule has 118 valence electrons. The SMILES string of the molecule is COC(=O)c1cc(CN2CCC[C@H]([C@@H](C)O)C2)n(C)c1C. The highest BCUT2D eigenvalue weighted by Crippen LogP contribution is 2.23. The number of ether oxygens (including phenoxy) is 1. The van der Waals surface area contributed by atoms with Crippen LogP contribution in [0.15, 0.2) is 6.07 Å².